The van der Waals surface area contributed by atoms with Crippen LogP contribution in [0.3, 0.4) is 0 Å². The van der Waals surface area contributed by atoms with Crippen LogP contribution >= 0.6 is 11.8 Å². The molecule has 2 aromatic heterocycles. The van der Waals surface area contributed by atoms with E-state index in [1.54, 1.807) is 12.4 Å². The lowest BCUT2D eigenvalue weighted by atomic mass is 9.77. The van der Waals surface area contributed by atoms with E-state index in [4.69, 9.17) is 19.4 Å². The highest BCUT2D eigenvalue weighted by molar-refractivity contribution is 7.99. The molecule has 4 aliphatic heterocycles. The molecule has 36 heavy (non-hydrogen) atoms. The quantitative estimate of drug-likeness (QED) is 0.621. The second kappa shape index (κ2) is 9.30. The molecule has 3 saturated heterocycles. The summed E-state index contributed by atoms with van der Waals surface area (Å²) in [5, 5.41) is 10.8. The van der Waals surface area contributed by atoms with Gasteiger partial charge in [-0.3, -0.25) is 0 Å². The molecule has 194 valence electrons. The van der Waals surface area contributed by atoms with Crippen LogP contribution in [0.15, 0.2) is 28.4 Å². The molecule has 12 heteroatoms. The van der Waals surface area contributed by atoms with Gasteiger partial charge >= 0.3 is 0 Å². The summed E-state index contributed by atoms with van der Waals surface area (Å²) < 4.78 is 36.0. The topological polar surface area (TPSA) is 118 Å². The molecule has 10 nitrogen and oxygen atoms in total. The Labute approximate surface area is 215 Å². The third-order valence-corrected chi connectivity index (χ3v) is 10.4. The largest absolute Gasteiger partial charge is 0.486 e. The minimum atomic E-state index is -3.05. The number of piperidine rings is 1. The van der Waals surface area contributed by atoms with Crippen molar-refractivity contribution in [2.45, 2.75) is 54.9 Å². The van der Waals surface area contributed by atoms with Crippen molar-refractivity contribution in [2.24, 2.45) is 5.41 Å². The fourth-order valence-corrected chi connectivity index (χ4v) is 8.21. The molecular weight excluding hydrogens is 502 g/mol. The van der Waals surface area contributed by atoms with Crippen molar-refractivity contribution in [3.05, 3.63) is 24.2 Å². The molecule has 6 rings (SSSR count). The molecule has 0 bridgehead atoms. The number of rotatable bonds is 4. The summed E-state index contributed by atoms with van der Waals surface area (Å²) in [4.78, 5) is 19.0. The first-order valence-electron chi connectivity index (χ1n) is 12.4. The third kappa shape index (κ3) is 4.52. The minimum absolute atomic E-state index is 0.0853. The first-order valence-corrected chi connectivity index (χ1v) is 15.1. The number of nitrogens with zero attached hydrogens (tertiary/aromatic N) is 5. The number of aromatic nitrogens is 3. The lowest BCUT2D eigenvalue weighted by Gasteiger charge is -2.40. The SMILES string of the molecule is C[C@H]1CC2(CCN(c3ncc(Sc4ccnc5c4OCC4CS(=O)(=O)CCN54)nc3CO)CC2)CO1. The van der Waals surface area contributed by atoms with Gasteiger partial charge in [-0.1, -0.05) is 11.8 Å². The van der Waals surface area contributed by atoms with Crippen LogP contribution in [0.2, 0.25) is 0 Å². The number of aliphatic hydroxyl groups is 1. The van der Waals surface area contributed by atoms with E-state index in [0.29, 0.717) is 41.5 Å². The molecule has 1 spiro atoms. The molecule has 0 radical (unpaired) electrons. The summed E-state index contributed by atoms with van der Waals surface area (Å²) in [6, 6.07) is 1.65. The van der Waals surface area contributed by atoms with E-state index >= 15 is 0 Å². The van der Waals surface area contributed by atoms with Gasteiger partial charge in [0.15, 0.2) is 27.2 Å². The Morgan fingerprint density at radius 2 is 2.06 bits per heavy atom. The van der Waals surface area contributed by atoms with Gasteiger partial charge in [0.1, 0.15) is 17.3 Å². The van der Waals surface area contributed by atoms with Crippen LogP contribution in [0.25, 0.3) is 0 Å². The smallest absolute Gasteiger partial charge is 0.175 e. The van der Waals surface area contributed by atoms with Gasteiger partial charge in [0.2, 0.25) is 0 Å². The molecule has 6 heterocycles. The van der Waals surface area contributed by atoms with Gasteiger partial charge in [-0.15, -0.1) is 0 Å². The summed E-state index contributed by atoms with van der Waals surface area (Å²) >= 11 is 1.41. The predicted octanol–water partition coefficient (Wildman–Crippen LogP) is 1.91. The van der Waals surface area contributed by atoms with Crippen molar-refractivity contribution in [2.75, 3.05) is 54.2 Å². The van der Waals surface area contributed by atoms with Crippen LogP contribution in [0.4, 0.5) is 11.6 Å². The van der Waals surface area contributed by atoms with Crippen molar-refractivity contribution in [1.82, 2.24) is 15.0 Å². The minimum Gasteiger partial charge on any atom is -0.486 e. The molecule has 1 unspecified atom stereocenters. The lowest BCUT2D eigenvalue weighted by molar-refractivity contribution is 0.0975. The second-order valence-electron chi connectivity index (χ2n) is 10.3. The standard InChI is InChI=1S/C24H31N5O5S2/c1-16-10-24(15-34-16)3-6-28(7-4-24)22-18(12-30)27-20(11-26-22)35-19-2-5-25-23-21(19)33-13-17-14-36(31,32)9-8-29(17)23/h2,5,11,16-17,30H,3-4,6-10,12-15H2,1H3/t16-,17?/m0/s1. The van der Waals surface area contributed by atoms with Crippen molar-refractivity contribution in [1.29, 1.82) is 0 Å². The Bertz CT molecular complexity index is 1250. The average Bonchev–Trinajstić information content (AvgIpc) is 3.23. The Kier molecular flexibility index (Phi) is 6.25. The van der Waals surface area contributed by atoms with Crippen LogP contribution in [0.1, 0.15) is 31.9 Å². The number of sulfone groups is 1. The number of ether oxygens (including phenoxy) is 2. The van der Waals surface area contributed by atoms with Gasteiger partial charge in [0.05, 0.1) is 48.0 Å². The van der Waals surface area contributed by atoms with E-state index in [1.165, 1.54) is 11.8 Å². The Balaban J connectivity index is 1.19. The van der Waals surface area contributed by atoms with Crippen molar-refractivity contribution < 1.29 is 23.0 Å². The van der Waals surface area contributed by atoms with Crippen LogP contribution in [-0.2, 0) is 21.2 Å². The van der Waals surface area contributed by atoms with Gasteiger partial charge in [-0.05, 0) is 37.7 Å². The van der Waals surface area contributed by atoms with Gasteiger partial charge in [0.25, 0.3) is 0 Å². The first-order chi connectivity index (χ1) is 17.3. The van der Waals surface area contributed by atoms with Crippen molar-refractivity contribution >= 4 is 33.2 Å². The normalized spacial score (nSPS) is 26.4. The van der Waals surface area contributed by atoms with E-state index in [0.717, 1.165) is 49.7 Å². The maximum Gasteiger partial charge on any atom is 0.175 e. The maximum atomic E-state index is 12.1. The molecule has 2 aromatic rings. The number of anilines is 2. The van der Waals surface area contributed by atoms with Gasteiger partial charge in [0, 0.05) is 25.8 Å². The fraction of sp³-hybridized carbons (Fsp3) is 0.625. The van der Waals surface area contributed by atoms with E-state index in [-0.39, 0.29) is 29.6 Å². The van der Waals surface area contributed by atoms with Gasteiger partial charge < -0.3 is 24.4 Å². The van der Waals surface area contributed by atoms with Crippen LogP contribution in [-0.4, -0.2) is 85.0 Å². The zero-order chi connectivity index (χ0) is 24.9. The van der Waals surface area contributed by atoms with Crippen molar-refractivity contribution in [3.8, 4) is 5.75 Å². The maximum absolute atomic E-state index is 12.1. The summed E-state index contributed by atoms with van der Waals surface area (Å²) in [7, 11) is -3.05. The zero-order valence-corrected chi connectivity index (χ0v) is 21.9. The predicted molar refractivity (Wildman–Crippen MR) is 136 cm³/mol. The first kappa shape index (κ1) is 24.2. The van der Waals surface area contributed by atoms with Crippen molar-refractivity contribution in [3.63, 3.8) is 0 Å². The molecule has 2 atom stereocenters. The molecular formula is C24H31N5O5S2. The Hall–Kier alpha value is -2.15. The Morgan fingerprint density at radius 1 is 1.22 bits per heavy atom. The average molecular weight is 534 g/mol. The van der Waals surface area contributed by atoms with Crippen LogP contribution in [0.5, 0.6) is 5.75 Å². The number of aliphatic hydroxyl groups excluding tert-OH is 1. The van der Waals surface area contributed by atoms with E-state index in [1.807, 2.05) is 11.0 Å². The summed E-state index contributed by atoms with van der Waals surface area (Å²) in [6.45, 7) is 5.27. The highest BCUT2D eigenvalue weighted by Crippen LogP contribution is 2.44. The summed E-state index contributed by atoms with van der Waals surface area (Å²) in [5.74, 6) is 2.27. The summed E-state index contributed by atoms with van der Waals surface area (Å²) in [5.41, 5.74) is 0.841. The molecule has 0 aromatic carbocycles. The molecule has 1 N–H and O–H groups in total. The third-order valence-electron chi connectivity index (χ3n) is 7.75. The molecule has 3 fully saturated rings. The van der Waals surface area contributed by atoms with Crippen LogP contribution < -0.4 is 14.5 Å². The second-order valence-corrected chi connectivity index (χ2v) is 13.6. The van der Waals surface area contributed by atoms with E-state index in [2.05, 4.69) is 16.8 Å². The monoisotopic (exact) mass is 533 g/mol. The Morgan fingerprint density at radius 3 is 2.81 bits per heavy atom. The van der Waals surface area contributed by atoms with Gasteiger partial charge in [-0.25, -0.2) is 23.4 Å². The number of hydrogen-bond donors (Lipinski definition) is 1. The molecule has 0 amide bonds. The fourth-order valence-electron chi connectivity index (χ4n) is 5.85. The zero-order valence-electron chi connectivity index (χ0n) is 20.3. The molecule has 0 saturated carbocycles. The van der Waals surface area contributed by atoms with Crippen LogP contribution in [0, 0.1) is 5.41 Å². The number of hydrogen-bond acceptors (Lipinski definition) is 11. The number of pyridine rings is 1. The lowest BCUT2D eigenvalue weighted by Crippen LogP contribution is -2.53. The molecule has 0 aliphatic carbocycles. The highest BCUT2D eigenvalue weighted by Gasteiger charge is 2.41. The van der Waals surface area contributed by atoms with E-state index in [9.17, 15) is 13.5 Å². The summed E-state index contributed by atoms with van der Waals surface area (Å²) in [6.07, 6.45) is 7.01. The highest BCUT2D eigenvalue weighted by atomic mass is 32.2. The number of fused-ring (bicyclic) bond motifs is 3. The molecule has 4 aliphatic rings. The van der Waals surface area contributed by atoms with E-state index < -0.39 is 9.84 Å². The van der Waals surface area contributed by atoms with Gasteiger partial charge in [-0.2, -0.15) is 0 Å².